The van der Waals surface area contributed by atoms with Gasteiger partial charge in [-0.05, 0) is 54.9 Å². The van der Waals surface area contributed by atoms with Crippen molar-refractivity contribution < 1.29 is 10.2 Å². The number of phenols is 1. The maximum atomic E-state index is 9.85. The Morgan fingerprint density at radius 3 is 2.47 bits per heavy atom. The van der Waals surface area contributed by atoms with E-state index in [1.54, 1.807) is 0 Å². The zero-order valence-corrected chi connectivity index (χ0v) is 8.79. The Balaban J connectivity index is 1.94. The second-order valence-corrected chi connectivity index (χ2v) is 5.00. The van der Waals surface area contributed by atoms with E-state index >= 15 is 0 Å². The van der Waals surface area contributed by atoms with Gasteiger partial charge in [0.05, 0.1) is 5.60 Å². The molecule has 0 heterocycles. The molecule has 0 aliphatic heterocycles. The standard InChI is InChI=1S/C13H16O2/c14-12-7-10-3-1-2-9(10)6-11(12)8-13(15)4-5-13/h6-7,14-15H,1-5,8H2. The number of aliphatic hydroxyl groups is 1. The van der Waals surface area contributed by atoms with Crippen molar-refractivity contribution in [2.45, 2.75) is 44.1 Å². The van der Waals surface area contributed by atoms with E-state index in [0.717, 1.165) is 31.2 Å². The highest BCUT2D eigenvalue weighted by molar-refractivity contribution is 5.45. The number of phenolic OH excluding ortho intramolecular Hbond substituents is 1. The molecule has 0 saturated heterocycles. The third-order valence-corrected chi connectivity index (χ3v) is 3.64. The first kappa shape index (κ1) is 9.22. The number of benzene rings is 1. The summed E-state index contributed by atoms with van der Waals surface area (Å²) >= 11 is 0. The maximum absolute atomic E-state index is 9.85. The van der Waals surface area contributed by atoms with Crippen LogP contribution in [-0.2, 0) is 19.3 Å². The van der Waals surface area contributed by atoms with Gasteiger partial charge >= 0.3 is 0 Å². The highest BCUT2D eigenvalue weighted by Crippen LogP contribution is 2.41. The van der Waals surface area contributed by atoms with Crippen molar-refractivity contribution in [1.82, 2.24) is 0 Å². The fourth-order valence-electron chi connectivity index (χ4n) is 2.48. The predicted molar refractivity (Wildman–Crippen MR) is 58.0 cm³/mol. The molecule has 80 valence electrons. The van der Waals surface area contributed by atoms with Crippen LogP contribution in [0.5, 0.6) is 5.75 Å². The number of rotatable bonds is 2. The normalized spacial score (nSPS) is 21.4. The molecule has 0 atom stereocenters. The lowest BCUT2D eigenvalue weighted by atomic mass is 10.00. The number of fused-ring (bicyclic) bond motifs is 1. The van der Waals surface area contributed by atoms with E-state index in [0.29, 0.717) is 12.2 Å². The Labute approximate surface area is 89.6 Å². The average Bonchev–Trinajstić information content (AvgIpc) is 2.74. The maximum Gasteiger partial charge on any atom is 0.119 e. The van der Waals surface area contributed by atoms with E-state index in [4.69, 9.17) is 0 Å². The summed E-state index contributed by atoms with van der Waals surface area (Å²) in [6.07, 6.45) is 5.79. The molecule has 2 heteroatoms. The molecule has 0 bridgehead atoms. The molecule has 2 aliphatic carbocycles. The molecule has 0 spiro atoms. The van der Waals surface area contributed by atoms with Gasteiger partial charge in [-0.2, -0.15) is 0 Å². The largest absolute Gasteiger partial charge is 0.508 e. The highest BCUT2D eigenvalue weighted by atomic mass is 16.3. The fraction of sp³-hybridized carbons (Fsp3) is 0.538. The van der Waals surface area contributed by atoms with Crippen molar-refractivity contribution in [3.63, 3.8) is 0 Å². The van der Waals surface area contributed by atoms with Crippen LogP contribution in [0.2, 0.25) is 0 Å². The van der Waals surface area contributed by atoms with Gasteiger partial charge in [0.2, 0.25) is 0 Å². The van der Waals surface area contributed by atoms with Gasteiger partial charge < -0.3 is 10.2 Å². The smallest absolute Gasteiger partial charge is 0.119 e. The Hall–Kier alpha value is -1.02. The molecule has 2 N–H and O–H groups in total. The third-order valence-electron chi connectivity index (χ3n) is 3.64. The summed E-state index contributed by atoms with van der Waals surface area (Å²) < 4.78 is 0. The molecule has 2 aliphatic rings. The second-order valence-electron chi connectivity index (χ2n) is 5.00. The first-order chi connectivity index (χ1) is 7.16. The van der Waals surface area contributed by atoms with Crippen LogP contribution >= 0.6 is 0 Å². The van der Waals surface area contributed by atoms with Crippen molar-refractivity contribution in [3.05, 3.63) is 28.8 Å². The van der Waals surface area contributed by atoms with Crippen LogP contribution in [0, 0.1) is 0 Å². The van der Waals surface area contributed by atoms with Gasteiger partial charge in [-0.25, -0.2) is 0 Å². The van der Waals surface area contributed by atoms with Crippen LogP contribution < -0.4 is 0 Å². The zero-order valence-electron chi connectivity index (χ0n) is 8.79. The topological polar surface area (TPSA) is 40.5 Å². The van der Waals surface area contributed by atoms with Crippen molar-refractivity contribution in [2.75, 3.05) is 0 Å². The lowest BCUT2D eigenvalue weighted by molar-refractivity contribution is 0.150. The molecular formula is C13H16O2. The molecule has 3 rings (SSSR count). The van der Waals surface area contributed by atoms with Crippen LogP contribution in [0.1, 0.15) is 36.0 Å². The molecule has 0 amide bonds. The van der Waals surface area contributed by atoms with E-state index in [1.165, 1.54) is 17.5 Å². The van der Waals surface area contributed by atoms with Gasteiger partial charge in [0.25, 0.3) is 0 Å². The van der Waals surface area contributed by atoms with Gasteiger partial charge in [0, 0.05) is 6.42 Å². The molecule has 1 saturated carbocycles. The van der Waals surface area contributed by atoms with Gasteiger partial charge in [0.1, 0.15) is 5.75 Å². The number of aryl methyl sites for hydroxylation is 2. The van der Waals surface area contributed by atoms with Crippen molar-refractivity contribution in [1.29, 1.82) is 0 Å². The van der Waals surface area contributed by atoms with Crippen LogP contribution in [-0.4, -0.2) is 15.8 Å². The van der Waals surface area contributed by atoms with Crippen LogP contribution in [0.25, 0.3) is 0 Å². The molecular weight excluding hydrogens is 188 g/mol. The molecule has 0 radical (unpaired) electrons. The summed E-state index contributed by atoms with van der Waals surface area (Å²) in [4.78, 5) is 0. The SMILES string of the molecule is Oc1cc2c(cc1CC1(O)CC1)CCC2. The van der Waals surface area contributed by atoms with Gasteiger partial charge in [-0.3, -0.25) is 0 Å². The Bertz CT molecular complexity index is 405. The molecule has 2 nitrogen and oxygen atoms in total. The second kappa shape index (κ2) is 2.99. The van der Waals surface area contributed by atoms with Gasteiger partial charge in [0.15, 0.2) is 0 Å². The Kier molecular flexibility index (Phi) is 1.84. The van der Waals surface area contributed by atoms with E-state index in [9.17, 15) is 10.2 Å². The summed E-state index contributed by atoms with van der Waals surface area (Å²) in [6.45, 7) is 0. The fourth-order valence-corrected chi connectivity index (χ4v) is 2.48. The van der Waals surface area contributed by atoms with Gasteiger partial charge in [-0.15, -0.1) is 0 Å². The van der Waals surface area contributed by atoms with E-state index in [-0.39, 0.29) is 0 Å². The quantitative estimate of drug-likeness (QED) is 0.773. The molecule has 0 aromatic heterocycles. The predicted octanol–water partition coefficient (Wildman–Crippen LogP) is 1.95. The summed E-state index contributed by atoms with van der Waals surface area (Å²) in [5, 5.41) is 19.7. The first-order valence-corrected chi connectivity index (χ1v) is 5.72. The van der Waals surface area contributed by atoms with Crippen LogP contribution in [0.15, 0.2) is 12.1 Å². The lowest BCUT2D eigenvalue weighted by Gasteiger charge is -2.11. The van der Waals surface area contributed by atoms with Gasteiger partial charge in [-0.1, -0.05) is 6.07 Å². The van der Waals surface area contributed by atoms with Crippen molar-refractivity contribution in [3.8, 4) is 5.75 Å². The minimum absolute atomic E-state index is 0.371. The van der Waals surface area contributed by atoms with Crippen LogP contribution in [0.3, 0.4) is 0 Å². The lowest BCUT2D eigenvalue weighted by Crippen LogP contribution is -2.11. The van der Waals surface area contributed by atoms with E-state index < -0.39 is 5.60 Å². The number of hydrogen-bond donors (Lipinski definition) is 2. The Morgan fingerprint density at radius 1 is 1.13 bits per heavy atom. The summed E-state index contributed by atoms with van der Waals surface area (Å²) in [6, 6.07) is 3.98. The van der Waals surface area contributed by atoms with E-state index in [1.807, 2.05) is 6.07 Å². The molecule has 1 fully saturated rings. The Morgan fingerprint density at radius 2 is 1.80 bits per heavy atom. The average molecular weight is 204 g/mol. The van der Waals surface area contributed by atoms with Crippen molar-refractivity contribution in [2.24, 2.45) is 0 Å². The monoisotopic (exact) mass is 204 g/mol. The third kappa shape index (κ3) is 1.63. The van der Waals surface area contributed by atoms with Crippen LogP contribution in [0.4, 0.5) is 0 Å². The number of aromatic hydroxyl groups is 1. The van der Waals surface area contributed by atoms with E-state index in [2.05, 4.69) is 6.07 Å². The molecule has 15 heavy (non-hydrogen) atoms. The minimum atomic E-state index is -0.510. The zero-order chi connectivity index (χ0) is 10.5. The van der Waals surface area contributed by atoms with Crippen molar-refractivity contribution >= 4 is 0 Å². The highest BCUT2D eigenvalue weighted by Gasteiger charge is 2.40. The summed E-state index contributed by atoms with van der Waals surface area (Å²) in [5.41, 5.74) is 3.08. The molecule has 1 aromatic rings. The summed E-state index contributed by atoms with van der Waals surface area (Å²) in [5.74, 6) is 0.371. The molecule has 0 unspecified atom stereocenters. The minimum Gasteiger partial charge on any atom is -0.508 e. The number of hydrogen-bond acceptors (Lipinski definition) is 2. The first-order valence-electron chi connectivity index (χ1n) is 5.72. The molecule has 1 aromatic carbocycles. The summed E-state index contributed by atoms with van der Waals surface area (Å²) in [7, 11) is 0.